The Balaban J connectivity index is 3.05. The maximum atomic E-state index is 6.04. The van der Waals surface area contributed by atoms with Gasteiger partial charge in [-0.05, 0) is 19.8 Å². The second-order valence-corrected chi connectivity index (χ2v) is 5.23. The molecule has 0 fully saturated rings. The molecule has 0 radical (unpaired) electrons. The first kappa shape index (κ1) is 13.5. The first-order valence-corrected chi connectivity index (χ1v) is 6.12. The highest BCUT2D eigenvalue weighted by Crippen LogP contribution is 2.27. The highest BCUT2D eigenvalue weighted by atomic mass is 35.5. The van der Waals surface area contributed by atoms with Crippen LogP contribution < -0.4 is 4.90 Å². The van der Waals surface area contributed by atoms with Crippen LogP contribution in [0.5, 0.6) is 0 Å². The lowest BCUT2D eigenvalue weighted by Crippen LogP contribution is -2.34. The van der Waals surface area contributed by atoms with Crippen LogP contribution in [-0.2, 0) is 0 Å². The zero-order valence-corrected chi connectivity index (χ0v) is 11.5. The Kier molecular flexibility index (Phi) is 4.81. The Morgan fingerprint density at radius 3 is 2.31 bits per heavy atom. The number of hydrogen-bond acceptors (Lipinski definition) is 3. The Hall–Kier alpha value is -0.540. The molecule has 1 rings (SSSR count). The molecule has 0 N–H and O–H groups in total. The van der Waals surface area contributed by atoms with E-state index in [1.54, 1.807) is 6.07 Å². The molecular weight excluding hydrogens is 245 g/mol. The maximum Gasteiger partial charge on any atom is 0.175 e. The highest BCUT2D eigenvalue weighted by molar-refractivity contribution is 6.33. The van der Waals surface area contributed by atoms with Crippen LogP contribution in [0.1, 0.15) is 27.7 Å². The van der Waals surface area contributed by atoms with Crippen molar-refractivity contribution in [2.75, 3.05) is 11.4 Å². The van der Waals surface area contributed by atoms with Crippen LogP contribution in [0.15, 0.2) is 6.07 Å². The SMILES string of the molecule is CC(C)CN(c1cc(Cl)nnc1Cl)C(C)C. The quantitative estimate of drug-likeness (QED) is 0.829. The van der Waals surface area contributed by atoms with E-state index in [2.05, 4.69) is 42.8 Å². The average Bonchev–Trinajstić information content (AvgIpc) is 2.18. The normalized spacial score (nSPS) is 11.2. The molecule has 0 amide bonds. The Bertz CT molecular complexity index is 353. The summed E-state index contributed by atoms with van der Waals surface area (Å²) in [6, 6.07) is 2.11. The summed E-state index contributed by atoms with van der Waals surface area (Å²) in [5.41, 5.74) is 0.852. The largest absolute Gasteiger partial charge is 0.366 e. The molecule has 1 aromatic heterocycles. The number of anilines is 1. The molecule has 0 saturated carbocycles. The molecule has 0 spiro atoms. The summed E-state index contributed by atoms with van der Waals surface area (Å²) in [4.78, 5) is 2.19. The van der Waals surface area contributed by atoms with E-state index in [9.17, 15) is 0 Å². The topological polar surface area (TPSA) is 29.0 Å². The van der Waals surface area contributed by atoms with E-state index < -0.39 is 0 Å². The van der Waals surface area contributed by atoms with Gasteiger partial charge in [-0.2, -0.15) is 0 Å². The first-order chi connectivity index (χ1) is 7.41. The predicted molar refractivity (Wildman–Crippen MR) is 69.4 cm³/mol. The van der Waals surface area contributed by atoms with E-state index in [0.29, 0.717) is 22.3 Å². The van der Waals surface area contributed by atoms with E-state index in [0.717, 1.165) is 12.2 Å². The minimum Gasteiger partial charge on any atom is -0.366 e. The highest BCUT2D eigenvalue weighted by Gasteiger charge is 2.16. The van der Waals surface area contributed by atoms with Gasteiger partial charge in [-0.25, -0.2) is 0 Å². The van der Waals surface area contributed by atoms with Crippen molar-refractivity contribution in [2.45, 2.75) is 33.7 Å². The minimum absolute atomic E-state index is 0.347. The fourth-order valence-corrected chi connectivity index (χ4v) is 1.87. The lowest BCUT2D eigenvalue weighted by Gasteiger charge is -2.30. The van der Waals surface area contributed by atoms with Crippen molar-refractivity contribution < 1.29 is 0 Å². The van der Waals surface area contributed by atoms with Crippen molar-refractivity contribution in [3.05, 3.63) is 16.4 Å². The fourth-order valence-electron chi connectivity index (χ4n) is 1.53. The molecule has 1 heterocycles. The first-order valence-electron chi connectivity index (χ1n) is 5.37. The van der Waals surface area contributed by atoms with Gasteiger partial charge in [0.1, 0.15) is 0 Å². The zero-order chi connectivity index (χ0) is 12.3. The fraction of sp³-hybridized carbons (Fsp3) is 0.636. The lowest BCUT2D eigenvalue weighted by molar-refractivity contribution is 0.570. The Morgan fingerprint density at radius 2 is 1.81 bits per heavy atom. The number of hydrogen-bond donors (Lipinski definition) is 0. The third-order valence-electron chi connectivity index (χ3n) is 2.20. The van der Waals surface area contributed by atoms with Crippen molar-refractivity contribution >= 4 is 28.9 Å². The molecule has 0 bridgehead atoms. The molecule has 16 heavy (non-hydrogen) atoms. The van der Waals surface area contributed by atoms with Crippen molar-refractivity contribution in [3.63, 3.8) is 0 Å². The molecule has 3 nitrogen and oxygen atoms in total. The zero-order valence-electron chi connectivity index (χ0n) is 10.0. The van der Waals surface area contributed by atoms with Gasteiger partial charge in [0.25, 0.3) is 0 Å². The summed E-state index contributed by atoms with van der Waals surface area (Å²) in [5, 5.41) is 8.32. The van der Waals surface area contributed by atoms with Gasteiger partial charge < -0.3 is 4.90 Å². The van der Waals surface area contributed by atoms with Crippen LogP contribution in [0.4, 0.5) is 5.69 Å². The van der Waals surface area contributed by atoms with Crippen molar-refractivity contribution in [1.29, 1.82) is 0 Å². The Morgan fingerprint density at radius 1 is 1.19 bits per heavy atom. The average molecular weight is 262 g/mol. The molecule has 0 unspecified atom stereocenters. The summed E-state index contributed by atoms with van der Waals surface area (Å²) in [5.74, 6) is 0.547. The standard InChI is InChI=1S/C11H17Cl2N3/c1-7(2)6-16(8(3)4)9-5-10(12)14-15-11(9)13/h5,7-8H,6H2,1-4H3. The molecule has 0 atom stereocenters. The molecule has 0 saturated heterocycles. The van der Waals surface area contributed by atoms with Crippen LogP contribution in [0.3, 0.4) is 0 Å². The lowest BCUT2D eigenvalue weighted by atomic mass is 10.1. The van der Waals surface area contributed by atoms with E-state index in [1.165, 1.54) is 0 Å². The molecule has 5 heteroatoms. The number of nitrogens with zero attached hydrogens (tertiary/aromatic N) is 3. The summed E-state index contributed by atoms with van der Waals surface area (Å²) in [6.45, 7) is 9.48. The van der Waals surface area contributed by atoms with Crippen molar-refractivity contribution in [2.24, 2.45) is 5.92 Å². The summed E-state index contributed by atoms with van der Waals surface area (Å²) in [7, 11) is 0. The number of halogens is 2. The molecular formula is C11H17Cl2N3. The van der Waals surface area contributed by atoms with Gasteiger partial charge in [0.15, 0.2) is 10.3 Å². The van der Waals surface area contributed by atoms with Crippen LogP contribution >= 0.6 is 23.2 Å². The van der Waals surface area contributed by atoms with Crippen LogP contribution in [0.25, 0.3) is 0 Å². The molecule has 0 aliphatic carbocycles. The number of aromatic nitrogens is 2. The second-order valence-electron chi connectivity index (χ2n) is 4.48. The van der Waals surface area contributed by atoms with Gasteiger partial charge in [0, 0.05) is 18.7 Å². The monoisotopic (exact) mass is 261 g/mol. The van der Waals surface area contributed by atoms with Crippen LogP contribution in [-0.4, -0.2) is 22.8 Å². The van der Waals surface area contributed by atoms with Crippen LogP contribution in [0, 0.1) is 5.92 Å². The van der Waals surface area contributed by atoms with E-state index >= 15 is 0 Å². The predicted octanol–water partition coefficient (Wildman–Crippen LogP) is 3.65. The molecule has 90 valence electrons. The van der Waals surface area contributed by atoms with E-state index in [4.69, 9.17) is 23.2 Å². The minimum atomic E-state index is 0.347. The summed E-state index contributed by atoms with van der Waals surface area (Å²) >= 11 is 11.9. The molecule has 1 aromatic rings. The van der Waals surface area contributed by atoms with Gasteiger partial charge in [-0.1, -0.05) is 37.0 Å². The second kappa shape index (κ2) is 5.69. The van der Waals surface area contributed by atoms with Gasteiger partial charge in [0.2, 0.25) is 0 Å². The van der Waals surface area contributed by atoms with Gasteiger partial charge in [-0.15, -0.1) is 10.2 Å². The summed E-state index contributed by atoms with van der Waals surface area (Å²) < 4.78 is 0. The van der Waals surface area contributed by atoms with Crippen molar-refractivity contribution in [3.8, 4) is 0 Å². The number of rotatable bonds is 4. The Labute approximate surface area is 107 Å². The molecule has 0 aliphatic heterocycles. The third kappa shape index (κ3) is 3.49. The molecule has 0 aliphatic rings. The third-order valence-corrected chi connectivity index (χ3v) is 2.65. The van der Waals surface area contributed by atoms with Crippen LogP contribution in [0.2, 0.25) is 10.3 Å². The van der Waals surface area contributed by atoms with Gasteiger partial charge >= 0.3 is 0 Å². The molecule has 0 aromatic carbocycles. The smallest absolute Gasteiger partial charge is 0.175 e. The van der Waals surface area contributed by atoms with Crippen molar-refractivity contribution in [1.82, 2.24) is 10.2 Å². The van der Waals surface area contributed by atoms with Gasteiger partial charge in [-0.3, -0.25) is 0 Å². The summed E-state index contributed by atoms with van der Waals surface area (Å²) in [6.07, 6.45) is 0. The van der Waals surface area contributed by atoms with E-state index in [1.807, 2.05) is 0 Å². The maximum absolute atomic E-state index is 6.04. The van der Waals surface area contributed by atoms with Gasteiger partial charge in [0.05, 0.1) is 5.69 Å². The van der Waals surface area contributed by atoms with E-state index in [-0.39, 0.29) is 0 Å².